The summed E-state index contributed by atoms with van der Waals surface area (Å²) in [6.45, 7) is 2.74. The molecule has 126 valence electrons. The number of carbonyl (C=O) groups excluding carboxylic acids is 2. The van der Waals surface area contributed by atoms with Crippen molar-refractivity contribution in [1.29, 1.82) is 0 Å². The Hall–Kier alpha value is -1.79. The number of halogens is 1. The molecule has 2 aliphatic heterocycles. The summed E-state index contributed by atoms with van der Waals surface area (Å²) in [7, 11) is 0. The van der Waals surface area contributed by atoms with Gasteiger partial charge in [-0.25, -0.2) is 4.79 Å². The quantitative estimate of drug-likeness (QED) is 0.859. The van der Waals surface area contributed by atoms with Crippen LogP contribution < -0.4 is 16.0 Å². The minimum atomic E-state index is -0.101. The van der Waals surface area contributed by atoms with E-state index in [0.29, 0.717) is 25.2 Å². The van der Waals surface area contributed by atoms with Crippen molar-refractivity contribution in [1.82, 2.24) is 10.2 Å². The first-order chi connectivity index (χ1) is 10.6. The van der Waals surface area contributed by atoms with Crippen LogP contribution in [0.15, 0.2) is 24.3 Å². The Morgan fingerprint density at radius 1 is 1.26 bits per heavy atom. The molecule has 1 unspecified atom stereocenters. The first-order valence-electron chi connectivity index (χ1n) is 7.85. The highest BCUT2D eigenvalue weighted by molar-refractivity contribution is 5.98. The van der Waals surface area contributed by atoms with Gasteiger partial charge in [-0.15, -0.1) is 12.4 Å². The summed E-state index contributed by atoms with van der Waals surface area (Å²) in [6.07, 6.45) is 2.82. The van der Waals surface area contributed by atoms with Crippen LogP contribution in [-0.4, -0.2) is 49.1 Å². The maximum atomic E-state index is 12.6. The van der Waals surface area contributed by atoms with Crippen molar-refractivity contribution >= 4 is 30.0 Å². The normalized spacial score (nSPS) is 21.4. The second kappa shape index (κ2) is 7.66. The van der Waals surface area contributed by atoms with E-state index in [2.05, 4.69) is 5.32 Å². The molecular weight excluding hydrogens is 316 g/mol. The van der Waals surface area contributed by atoms with Crippen LogP contribution in [-0.2, 0) is 0 Å². The number of amides is 3. The predicted octanol–water partition coefficient (Wildman–Crippen LogP) is 1.59. The Kier molecular flexibility index (Phi) is 5.85. The van der Waals surface area contributed by atoms with Crippen LogP contribution >= 0.6 is 12.4 Å². The third-order valence-corrected chi connectivity index (χ3v) is 4.23. The SMILES string of the molecule is Cl.NC1CCCN(C(=O)c2cccc(N3CCCNC3=O)c2)C1. The number of nitrogens with one attached hydrogen (secondary N) is 1. The molecule has 2 saturated heterocycles. The zero-order valence-corrected chi connectivity index (χ0v) is 13.8. The van der Waals surface area contributed by atoms with E-state index < -0.39 is 0 Å². The van der Waals surface area contributed by atoms with Gasteiger partial charge in [-0.2, -0.15) is 0 Å². The highest BCUT2D eigenvalue weighted by atomic mass is 35.5. The molecule has 0 bridgehead atoms. The summed E-state index contributed by atoms with van der Waals surface area (Å²) < 4.78 is 0. The van der Waals surface area contributed by atoms with E-state index in [0.717, 1.165) is 31.5 Å². The fourth-order valence-electron chi connectivity index (χ4n) is 3.06. The fourth-order valence-corrected chi connectivity index (χ4v) is 3.06. The van der Waals surface area contributed by atoms with Gasteiger partial charge in [-0.1, -0.05) is 6.07 Å². The van der Waals surface area contributed by atoms with E-state index in [1.165, 1.54) is 0 Å². The lowest BCUT2D eigenvalue weighted by molar-refractivity contribution is 0.0709. The molecule has 0 radical (unpaired) electrons. The lowest BCUT2D eigenvalue weighted by atomic mass is 10.0. The number of nitrogens with two attached hydrogens (primary N) is 1. The van der Waals surface area contributed by atoms with Crippen molar-refractivity contribution < 1.29 is 9.59 Å². The van der Waals surface area contributed by atoms with Crippen molar-refractivity contribution in [2.24, 2.45) is 5.73 Å². The summed E-state index contributed by atoms with van der Waals surface area (Å²) in [6, 6.07) is 7.25. The number of hydrogen-bond acceptors (Lipinski definition) is 3. The molecule has 3 rings (SSSR count). The average Bonchev–Trinajstić information content (AvgIpc) is 2.55. The smallest absolute Gasteiger partial charge is 0.321 e. The summed E-state index contributed by atoms with van der Waals surface area (Å²) in [5.74, 6) is -0.00517. The lowest BCUT2D eigenvalue weighted by Crippen LogP contribution is -2.47. The molecule has 0 saturated carbocycles. The molecule has 0 aliphatic carbocycles. The largest absolute Gasteiger partial charge is 0.338 e. The van der Waals surface area contributed by atoms with Crippen LogP contribution in [0.2, 0.25) is 0 Å². The highest BCUT2D eigenvalue weighted by Crippen LogP contribution is 2.20. The van der Waals surface area contributed by atoms with E-state index in [9.17, 15) is 9.59 Å². The third kappa shape index (κ3) is 3.95. The monoisotopic (exact) mass is 338 g/mol. The van der Waals surface area contributed by atoms with Gasteiger partial charge in [0.05, 0.1) is 0 Å². The molecule has 6 nitrogen and oxygen atoms in total. The van der Waals surface area contributed by atoms with Gasteiger partial charge < -0.3 is 16.0 Å². The molecule has 2 aliphatic rings. The molecule has 3 amide bonds. The van der Waals surface area contributed by atoms with Crippen molar-refractivity contribution in [3.8, 4) is 0 Å². The van der Waals surface area contributed by atoms with E-state index in [4.69, 9.17) is 5.73 Å². The van der Waals surface area contributed by atoms with Crippen molar-refractivity contribution in [3.05, 3.63) is 29.8 Å². The Bertz CT molecular complexity index is 581. The number of carbonyl (C=O) groups is 2. The van der Waals surface area contributed by atoms with Gasteiger partial charge in [0.1, 0.15) is 0 Å². The van der Waals surface area contributed by atoms with Crippen LogP contribution in [0.5, 0.6) is 0 Å². The number of nitrogens with zero attached hydrogens (tertiary/aromatic N) is 2. The minimum absolute atomic E-state index is 0. The van der Waals surface area contributed by atoms with Crippen LogP contribution in [0.1, 0.15) is 29.6 Å². The van der Waals surface area contributed by atoms with Gasteiger partial charge in [-0.3, -0.25) is 9.69 Å². The third-order valence-electron chi connectivity index (χ3n) is 4.23. The van der Waals surface area contributed by atoms with Gasteiger partial charge in [0.25, 0.3) is 5.91 Å². The molecule has 7 heteroatoms. The number of benzene rings is 1. The van der Waals surface area contributed by atoms with E-state index in [1.807, 2.05) is 17.0 Å². The first-order valence-corrected chi connectivity index (χ1v) is 7.85. The standard InChI is InChI=1S/C16H22N4O2.ClH/c17-13-5-2-8-19(11-13)15(21)12-4-1-6-14(10-12)20-9-3-7-18-16(20)22;/h1,4,6,10,13H,2-3,5,7-9,11,17H2,(H,18,22);1H. The van der Waals surface area contributed by atoms with Crippen LogP contribution in [0.3, 0.4) is 0 Å². The lowest BCUT2D eigenvalue weighted by Gasteiger charge is -2.31. The van der Waals surface area contributed by atoms with Gasteiger partial charge in [-0.05, 0) is 37.5 Å². The van der Waals surface area contributed by atoms with Gasteiger partial charge in [0.2, 0.25) is 0 Å². The first kappa shape index (κ1) is 17.6. The Labute approximate surface area is 142 Å². The van der Waals surface area contributed by atoms with Crippen LogP contribution in [0, 0.1) is 0 Å². The summed E-state index contributed by atoms with van der Waals surface area (Å²) in [5, 5.41) is 2.82. The maximum absolute atomic E-state index is 12.6. The fraction of sp³-hybridized carbons (Fsp3) is 0.500. The molecule has 1 atom stereocenters. The van der Waals surface area contributed by atoms with Crippen molar-refractivity contribution in [2.75, 3.05) is 31.1 Å². The van der Waals surface area contributed by atoms with Crippen LogP contribution in [0.4, 0.5) is 10.5 Å². The van der Waals surface area contributed by atoms with E-state index in [1.54, 1.807) is 17.0 Å². The van der Waals surface area contributed by atoms with Crippen LogP contribution in [0.25, 0.3) is 0 Å². The second-order valence-corrected chi connectivity index (χ2v) is 5.94. The maximum Gasteiger partial charge on any atom is 0.321 e. The van der Waals surface area contributed by atoms with E-state index >= 15 is 0 Å². The van der Waals surface area contributed by atoms with E-state index in [-0.39, 0.29) is 30.4 Å². The molecular formula is C16H23ClN4O2. The molecule has 1 aromatic rings. The summed E-state index contributed by atoms with van der Waals surface area (Å²) >= 11 is 0. The molecule has 23 heavy (non-hydrogen) atoms. The number of piperidine rings is 1. The zero-order valence-electron chi connectivity index (χ0n) is 13.0. The molecule has 0 spiro atoms. The van der Waals surface area contributed by atoms with Gasteiger partial charge in [0, 0.05) is 43.5 Å². The predicted molar refractivity (Wildman–Crippen MR) is 92.2 cm³/mol. The molecule has 2 heterocycles. The molecule has 1 aromatic carbocycles. The number of hydrogen-bond donors (Lipinski definition) is 2. The number of urea groups is 1. The van der Waals surface area contributed by atoms with Gasteiger partial charge >= 0.3 is 6.03 Å². The average molecular weight is 339 g/mol. The zero-order chi connectivity index (χ0) is 15.5. The Morgan fingerprint density at radius 3 is 2.83 bits per heavy atom. The molecule has 0 aromatic heterocycles. The molecule has 2 fully saturated rings. The summed E-state index contributed by atoms with van der Waals surface area (Å²) in [4.78, 5) is 28.0. The Morgan fingerprint density at radius 2 is 2.09 bits per heavy atom. The Balaban J connectivity index is 0.00000192. The number of anilines is 1. The number of rotatable bonds is 2. The minimum Gasteiger partial charge on any atom is -0.338 e. The second-order valence-electron chi connectivity index (χ2n) is 5.94. The van der Waals surface area contributed by atoms with Crippen molar-refractivity contribution in [2.45, 2.75) is 25.3 Å². The molecule has 3 N–H and O–H groups in total. The highest BCUT2D eigenvalue weighted by Gasteiger charge is 2.24. The van der Waals surface area contributed by atoms with Gasteiger partial charge in [0.15, 0.2) is 0 Å². The summed E-state index contributed by atoms with van der Waals surface area (Å²) in [5.41, 5.74) is 7.33. The van der Waals surface area contributed by atoms with Crippen molar-refractivity contribution in [3.63, 3.8) is 0 Å². The number of likely N-dealkylation sites (tertiary alicyclic amines) is 1. The topological polar surface area (TPSA) is 78.7 Å².